The van der Waals surface area contributed by atoms with Gasteiger partial charge in [0.25, 0.3) is 0 Å². The van der Waals surface area contributed by atoms with Crippen LogP contribution in [0.1, 0.15) is 40.0 Å². The van der Waals surface area contributed by atoms with E-state index in [-0.39, 0.29) is 12.5 Å². The summed E-state index contributed by atoms with van der Waals surface area (Å²) in [6, 6.07) is 0. The van der Waals surface area contributed by atoms with E-state index in [0.717, 1.165) is 12.8 Å². The standard InChI is InChI=1S/C11H23NO2/c1-4-9(2)7-11(14)12-8-10(3)5-6-13/h9-10,13H,4-8H2,1-3H3,(H,12,14). The molecular weight excluding hydrogens is 178 g/mol. The predicted octanol–water partition coefficient (Wildman–Crippen LogP) is 1.56. The fourth-order valence-corrected chi connectivity index (χ4v) is 1.14. The van der Waals surface area contributed by atoms with E-state index in [2.05, 4.69) is 19.2 Å². The molecule has 3 nitrogen and oxygen atoms in total. The molecule has 0 aromatic rings. The van der Waals surface area contributed by atoms with Crippen LogP contribution in [0.25, 0.3) is 0 Å². The summed E-state index contributed by atoms with van der Waals surface area (Å²) >= 11 is 0. The first-order valence-electron chi connectivity index (χ1n) is 5.47. The molecular formula is C11H23NO2. The summed E-state index contributed by atoms with van der Waals surface area (Å²) in [5, 5.41) is 11.6. The lowest BCUT2D eigenvalue weighted by Crippen LogP contribution is -2.29. The summed E-state index contributed by atoms with van der Waals surface area (Å²) in [6.45, 7) is 7.07. The molecule has 0 aromatic carbocycles. The van der Waals surface area contributed by atoms with Gasteiger partial charge in [-0.2, -0.15) is 0 Å². The Bertz CT molecular complexity index is 159. The SMILES string of the molecule is CCC(C)CC(=O)NCC(C)CCO. The van der Waals surface area contributed by atoms with Gasteiger partial charge in [-0.3, -0.25) is 4.79 Å². The Kier molecular flexibility index (Phi) is 7.48. The number of carbonyl (C=O) groups is 1. The van der Waals surface area contributed by atoms with Crippen molar-refractivity contribution in [1.29, 1.82) is 0 Å². The Labute approximate surface area is 86.9 Å². The summed E-state index contributed by atoms with van der Waals surface area (Å²) in [7, 11) is 0. The van der Waals surface area contributed by atoms with Gasteiger partial charge in [-0.05, 0) is 18.3 Å². The molecule has 0 aromatic heterocycles. The molecule has 0 rings (SSSR count). The minimum absolute atomic E-state index is 0.129. The Morgan fingerprint density at radius 2 is 2.00 bits per heavy atom. The minimum atomic E-state index is 0.129. The molecule has 14 heavy (non-hydrogen) atoms. The average molecular weight is 201 g/mol. The quantitative estimate of drug-likeness (QED) is 0.656. The Morgan fingerprint density at radius 1 is 1.36 bits per heavy atom. The van der Waals surface area contributed by atoms with Crippen LogP contribution in [0.15, 0.2) is 0 Å². The molecule has 1 amide bonds. The average Bonchev–Trinajstić information content (AvgIpc) is 2.15. The number of rotatable bonds is 7. The van der Waals surface area contributed by atoms with Gasteiger partial charge in [-0.25, -0.2) is 0 Å². The molecule has 0 bridgehead atoms. The molecule has 0 saturated carbocycles. The largest absolute Gasteiger partial charge is 0.396 e. The van der Waals surface area contributed by atoms with E-state index in [0.29, 0.717) is 24.8 Å². The molecule has 0 fully saturated rings. The monoisotopic (exact) mass is 201 g/mol. The number of hydrogen-bond donors (Lipinski definition) is 2. The van der Waals surface area contributed by atoms with Crippen LogP contribution in [-0.4, -0.2) is 24.2 Å². The van der Waals surface area contributed by atoms with Crippen LogP contribution in [0.3, 0.4) is 0 Å². The molecule has 3 heteroatoms. The first-order valence-corrected chi connectivity index (χ1v) is 5.47. The van der Waals surface area contributed by atoms with Crippen molar-refractivity contribution in [3.8, 4) is 0 Å². The second-order valence-electron chi connectivity index (χ2n) is 4.14. The molecule has 84 valence electrons. The number of carbonyl (C=O) groups excluding carboxylic acids is 1. The second-order valence-corrected chi connectivity index (χ2v) is 4.14. The first kappa shape index (κ1) is 13.4. The van der Waals surface area contributed by atoms with Crippen molar-refractivity contribution >= 4 is 5.91 Å². The molecule has 0 aliphatic heterocycles. The molecule has 0 spiro atoms. The van der Waals surface area contributed by atoms with Gasteiger partial charge in [0.05, 0.1) is 0 Å². The van der Waals surface area contributed by atoms with E-state index in [1.165, 1.54) is 0 Å². The highest BCUT2D eigenvalue weighted by Crippen LogP contribution is 2.06. The van der Waals surface area contributed by atoms with Gasteiger partial charge in [0.15, 0.2) is 0 Å². The van der Waals surface area contributed by atoms with Crippen LogP contribution in [0.2, 0.25) is 0 Å². The lowest BCUT2D eigenvalue weighted by molar-refractivity contribution is -0.122. The van der Waals surface area contributed by atoms with E-state index >= 15 is 0 Å². The zero-order valence-corrected chi connectivity index (χ0v) is 9.55. The highest BCUT2D eigenvalue weighted by atomic mass is 16.3. The van der Waals surface area contributed by atoms with Crippen molar-refractivity contribution in [1.82, 2.24) is 5.32 Å². The minimum Gasteiger partial charge on any atom is -0.396 e. The molecule has 2 atom stereocenters. The molecule has 0 aliphatic rings. The topological polar surface area (TPSA) is 49.3 Å². The fourth-order valence-electron chi connectivity index (χ4n) is 1.14. The Balaban J connectivity index is 3.53. The lowest BCUT2D eigenvalue weighted by atomic mass is 10.0. The molecule has 0 aliphatic carbocycles. The third-order valence-corrected chi connectivity index (χ3v) is 2.50. The lowest BCUT2D eigenvalue weighted by Gasteiger charge is -2.12. The van der Waals surface area contributed by atoms with Gasteiger partial charge in [-0.1, -0.05) is 27.2 Å². The van der Waals surface area contributed by atoms with E-state index in [1.54, 1.807) is 0 Å². The summed E-state index contributed by atoms with van der Waals surface area (Å²) in [4.78, 5) is 11.3. The fraction of sp³-hybridized carbons (Fsp3) is 0.909. The van der Waals surface area contributed by atoms with Crippen LogP contribution >= 0.6 is 0 Å². The molecule has 0 radical (unpaired) electrons. The third kappa shape index (κ3) is 6.89. The zero-order valence-electron chi connectivity index (χ0n) is 9.55. The first-order chi connectivity index (χ1) is 6.60. The molecule has 0 heterocycles. The normalized spacial score (nSPS) is 14.9. The Morgan fingerprint density at radius 3 is 2.50 bits per heavy atom. The molecule has 2 unspecified atom stereocenters. The summed E-state index contributed by atoms with van der Waals surface area (Å²) < 4.78 is 0. The second kappa shape index (κ2) is 7.80. The number of hydrogen-bond acceptors (Lipinski definition) is 2. The van der Waals surface area contributed by atoms with E-state index in [4.69, 9.17) is 5.11 Å². The van der Waals surface area contributed by atoms with Gasteiger partial charge in [0, 0.05) is 19.6 Å². The Hall–Kier alpha value is -0.570. The maximum Gasteiger partial charge on any atom is 0.220 e. The van der Waals surface area contributed by atoms with Crippen LogP contribution in [0.4, 0.5) is 0 Å². The maximum atomic E-state index is 11.3. The number of aliphatic hydroxyl groups excluding tert-OH is 1. The summed E-state index contributed by atoms with van der Waals surface area (Å²) in [6.07, 6.45) is 2.41. The summed E-state index contributed by atoms with van der Waals surface area (Å²) in [5.41, 5.74) is 0. The number of nitrogens with one attached hydrogen (secondary N) is 1. The van der Waals surface area contributed by atoms with Gasteiger partial charge < -0.3 is 10.4 Å². The van der Waals surface area contributed by atoms with Gasteiger partial charge in [0.2, 0.25) is 5.91 Å². The van der Waals surface area contributed by atoms with Crippen molar-refractivity contribution in [2.24, 2.45) is 11.8 Å². The maximum absolute atomic E-state index is 11.3. The molecule has 2 N–H and O–H groups in total. The van der Waals surface area contributed by atoms with Gasteiger partial charge in [-0.15, -0.1) is 0 Å². The third-order valence-electron chi connectivity index (χ3n) is 2.50. The predicted molar refractivity (Wildman–Crippen MR) is 57.9 cm³/mol. The van der Waals surface area contributed by atoms with Gasteiger partial charge in [0.1, 0.15) is 0 Å². The van der Waals surface area contributed by atoms with Gasteiger partial charge >= 0.3 is 0 Å². The van der Waals surface area contributed by atoms with Crippen molar-refractivity contribution < 1.29 is 9.90 Å². The summed E-state index contributed by atoms with van der Waals surface area (Å²) in [5.74, 6) is 0.952. The van der Waals surface area contributed by atoms with Crippen molar-refractivity contribution in [2.45, 2.75) is 40.0 Å². The van der Waals surface area contributed by atoms with Crippen LogP contribution in [0.5, 0.6) is 0 Å². The smallest absolute Gasteiger partial charge is 0.220 e. The highest BCUT2D eigenvalue weighted by molar-refractivity contribution is 5.76. The van der Waals surface area contributed by atoms with Crippen molar-refractivity contribution in [3.05, 3.63) is 0 Å². The molecule has 0 saturated heterocycles. The van der Waals surface area contributed by atoms with E-state index in [9.17, 15) is 4.79 Å². The zero-order chi connectivity index (χ0) is 11.0. The van der Waals surface area contributed by atoms with Crippen molar-refractivity contribution in [3.63, 3.8) is 0 Å². The van der Waals surface area contributed by atoms with Crippen LogP contribution in [0, 0.1) is 11.8 Å². The van der Waals surface area contributed by atoms with Crippen LogP contribution < -0.4 is 5.32 Å². The van der Waals surface area contributed by atoms with E-state index < -0.39 is 0 Å². The van der Waals surface area contributed by atoms with E-state index in [1.807, 2.05) is 6.92 Å². The number of aliphatic hydroxyl groups is 1. The van der Waals surface area contributed by atoms with Crippen LogP contribution in [-0.2, 0) is 4.79 Å². The van der Waals surface area contributed by atoms with Crippen molar-refractivity contribution in [2.75, 3.05) is 13.2 Å². The number of amides is 1. The highest BCUT2D eigenvalue weighted by Gasteiger charge is 2.08.